The van der Waals surface area contributed by atoms with Crippen molar-refractivity contribution in [2.75, 3.05) is 0 Å². The highest BCUT2D eigenvalue weighted by atomic mass is 16.4. The van der Waals surface area contributed by atoms with Crippen LogP contribution >= 0.6 is 0 Å². The molecule has 0 aliphatic rings. The summed E-state index contributed by atoms with van der Waals surface area (Å²) in [6.45, 7) is 3.67. The molecule has 1 aromatic heterocycles. The van der Waals surface area contributed by atoms with Gasteiger partial charge in [-0.2, -0.15) is 0 Å². The van der Waals surface area contributed by atoms with E-state index in [-0.39, 0.29) is 11.7 Å². The Labute approximate surface area is 99.5 Å². The van der Waals surface area contributed by atoms with Gasteiger partial charge in [-0.1, -0.05) is 30.3 Å². The minimum Gasteiger partial charge on any atom is -0.477 e. The average molecular weight is 230 g/mol. The maximum absolute atomic E-state index is 11.2. The number of hydrogen-bond donors (Lipinski definition) is 1. The van der Waals surface area contributed by atoms with E-state index >= 15 is 0 Å². The van der Waals surface area contributed by atoms with Gasteiger partial charge in [-0.25, -0.2) is 9.78 Å². The number of rotatable bonds is 3. The molecule has 1 N–H and O–H groups in total. The number of aromatic carboxylic acids is 1. The summed E-state index contributed by atoms with van der Waals surface area (Å²) < 4.78 is 1.69. The van der Waals surface area contributed by atoms with Crippen LogP contribution in [0.2, 0.25) is 0 Å². The monoisotopic (exact) mass is 230 g/mol. The van der Waals surface area contributed by atoms with Gasteiger partial charge in [0, 0.05) is 0 Å². The van der Waals surface area contributed by atoms with Crippen molar-refractivity contribution in [2.24, 2.45) is 0 Å². The van der Waals surface area contributed by atoms with Crippen LogP contribution in [-0.2, 0) is 0 Å². The Kier molecular flexibility index (Phi) is 2.95. The minimum atomic E-state index is -0.942. The fraction of sp³-hybridized carbons (Fsp3) is 0.231. The number of aromatic nitrogens is 2. The van der Waals surface area contributed by atoms with Crippen molar-refractivity contribution in [3.05, 3.63) is 53.6 Å². The van der Waals surface area contributed by atoms with Crippen LogP contribution in [0.4, 0.5) is 0 Å². The number of hydrogen-bond acceptors (Lipinski definition) is 2. The quantitative estimate of drug-likeness (QED) is 0.881. The number of benzene rings is 1. The second kappa shape index (κ2) is 4.41. The second-order valence-corrected chi connectivity index (χ2v) is 3.98. The molecule has 0 amide bonds. The molecule has 4 nitrogen and oxygen atoms in total. The molecule has 0 radical (unpaired) electrons. The Bertz CT molecular complexity index is 532. The van der Waals surface area contributed by atoms with Crippen LogP contribution < -0.4 is 0 Å². The van der Waals surface area contributed by atoms with E-state index in [1.807, 2.05) is 37.3 Å². The van der Waals surface area contributed by atoms with Gasteiger partial charge < -0.3 is 9.67 Å². The number of imidazole rings is 1. The fourth-order valence-corrected chi connectivity index (χ4v) is 1.91. The third kappa shape index (κ3) is 2.06. The Morgan fingerprint density at radius 1 is 1.35 bits per heavy atom. The zero-order valence-electron chi connectivity index (χ0n) is 9.79. The predicted molar refractivity (Wildman–Crippen MR) is 64.2 cm³/mol. The zero-order chi connectivity index (χ0) is 12.4. The fourth-order valence-electron chi connectivity index (χ4n) is 1.91. The highest BCUT2D eigenvalue weighted by Gasteiger charge is 2.19. The summed E-state index contributed by atoms with van der Waals surface area (Å²) >= 11 is 0. The van der Waals surface area contributed by atoms with Crippen molar-refractivity contribution in [1.29, 1.82) is 0 Å². The van der Waals surface area contributed by atoms with Crippen LogP contribution in [0.3, 0.4) is 0 Å². The van der Waals surface area contributed by atoms with E-state index in [9.17, 15) is 9.90 Å². The smallest absolute Gasteiger partial charge is 0.354 e. The summed E-state index contributed by atoms with van der Waals surface area (Å²) in [6, 6.07) is 9.74. The van der Waals surface area contributed by atoms with Crippen molar-refractivity contribution < 1.29 is 9.90 Å². The Morgan fingerprint density at radius 2 is 2.00 bits per heavy atom. The number of aryl methyl sites for hydroxylation is 1. The molecule has 1 unspecified atom stereocenters. The van der Waals surface area contributed by atoms with Gasteiger partial charge in [0.2, 0.25) is 0 Å². The summed E-state index contributed by atoms with van der Waals surface area (Å²) in [7, 11) is 0. The molecular weight excluding hydrogens is 216 g/mol. The Morgan fingerprint density at radius 3 is 2.59 bits per heavy atom. The Hall–Kier alpha value is -2.10. The highest BCUT2D eigenvalue weighted by molar-refractivity contribution is 5.87. The van der Waals surface area contributed by atoms with Gasteiger partial charge in [0.1, 0.15) is 0 Å². The van der Waals surface area contributed by atoms with Crippen LogP contribution in [0.1, 0.15) is 34.7 Å². The van der Waals surface area contributed by atoms with Gasteiger partial charge in [0.15, 0.2) is 5.69 Å². The molecule has 4 heteroatoms. The molecule has 2 rings (SSSR count). The van der Waals surface area contributed by atoms with E-state index in [0.29, 0.717) is 5.69 Å². The van der Waals surface area contributed by atoms with E-state index in [2.05, 4.69) is 4.98 Å². The zero-order valence-corrected chi connectivity index (χ0v) is 9.79. The van der Waals surface area contributed by atoms with E-state index < -0.39 is 5.97 Å². The molecule has 2 aromatic rings. The molecule has 1 heterocycles. The summed E-state index contributed by atoms with van der Waals surface area (Å²) in [5, 5.41) is 9.17. The molecule has 88 valence electrons. The van der Waals surface area contributed by atoms with Crippen LogP contribution in [0.25, 0.3) is 0 Å². The lowest BCUT2D eigenvalue weighted by Gasteiger charge is -2.15. The first kappa shape index (κ1) is 11.4. The van der Waals surface area contributed by atoms with Gasteiger partial charge >= 0.3 is 5.97 Å². The molecule has 0 saturated carbocycles. The molecule has 1 atom stereocenters. The van der Waals surface area contributed by atoms with Crippen LogP contribution in [0.15, 0.2) is 36.7 Å². The van der Waals surface area contributed by atoms with Gasteiger partial charge in [-0.3, -0.25) is 0 Å². The lowest BCUT2D eigenvalue weighted by atomic mass is 10.1. The molecule has 0 bridgehead atoms. The predicted octanol–water partition coefficient (Wildman–Crippen LogP) is 2.50. The topological polar surface area (TPSA) is 55.1 Å². The number of carboxylic acid groups (broad SMARTS) is 1. The molecule has 0 spiro atoms. The van der Waals surface area contributed by atoms with Crippen molar-refractivity contribution in [3.63, 3.8) is 0 Å². The van der Waals surface area contributed by atoms with E-state index in [4.69, 9.17) is 0 Å². The third-order valence-corrected chi connectivity index (χ3v) is 2.88. The largest absolute Gasteiger partial charge is 0.477 e. The summed E-state index contributed by atoms with van der Waals surface area (Å²) in [4.78, 5) is 15.2. The van der Waals surface area contributed by atoms with Crippen molar-refractivity contribution in [1.82, 2.24) is 9.55 Å². The molecule has 0 aliphatic heterocycles. The van der Waals surface area contributed by atoms with Gasteiger partial charge in [-0.15, -0.1) is 0 Å². The Balaban J connectivity index is 2.45. The first-order valence-electron chi connectivity index (χ1n) is 5.43. The lowest BCUT2D eigenvalue weighted by Crippen LogP contribution is -2.13. The van der Waals surface area contributed by atoms with E-state index in [1.54, 1.807) is 17.8 Å². The van der Waals surface area contributed by atoms with Crippen LogP contribution in [0.5, 0.6) is 0 Å². The van der Waals surface area contributed by atoms with Crippen molar-refractivity contribution in [2.45, 2.75) is 19.9 Å². The highest BCUT2D eigenvalue weighted by Crippen LogP contribution is 2.20. The maximum Gasteiger partial charge on any atom is 0.354 e. The summed E-state index contributed by atoms with van der Waals surface area (Å²) in [5.74, 6) is -0.942. The summed E-state index contributed by atoms with van der Waals surface area (Å²) in [5.41, 5.74) is 1.86. The van der Waals surface area contributed by atoms with Gasteiger partial charge in [0.25, 0.3) is 0 Å². The van der Waals surface area contributed by atoms with Crippen molar-refractivity contribution >= 4 is 5.97 Å². The maximum atomic E-state index is 11.2. The lowest BCUT2D eigenvalue weighted by molar-refractivity contribution is 0.0683. The average Bonchev–Trinajstić information content (AvgIpc) is 2.71. The van der Waals surface area contributed by atoms with Gasteiger partial charge in [-0.05, 0) is 19.4 Å². The van der Waals surface area contributed by atoms with E-state index in [1.165, 1.54) is 0 Å². The molecular formula is C13H14N2O2. The number of carbonyl (C=O) groups is 1. The van der Waals surface area contributed by atoms with Gasteiger partial charge in [0.05, 0.1) is 18.1 Å². The van der Waals surface area contributed by atoms with E-state index in [0.717, 1.165) is 5.56 Å². The molecule has 17 heavy (non-hydrogen) atoms. The molecule has 1 aromatic carbocycles. The third-order valence-electron chi connectivity index (χ3n) is 2.88. The second-order valence-electron chi connectivity index (χ2n) is 3.98. The van der Waals surface area contributed by atoms with Crippen molar-refractivity contribution in [3.8, 4) is 0 Å². The normalized spacial score (nSPS) is 12.4. The minimum absolute atomic E-state index is 0.0384. The van der Waals surface area contributed by atoms with Crippen LogP contribution in [-0.4, -0.2) is 20.6 Å². The number of nitrogens with zero attached hydrogens (tertiary/aromatic N) is 2. The molecule has 0 fully saturated rings. The molecule has 0 saturated heterocycles. The molecule has 0 aliphatic carbocycles. The first-order chi connectivity index (χ1) is 8.11. The SMILES string of the molecule is Cc1ncn(C(C)c2ccccc2)c1C(=O)O. The number of carboxylic acids is 1. The summed E-state index contributed by atoms with van der Waals surface area (Å²) in [6.07, 6.45) is 1.58. The first-order valence-corrected chi connectivity index (χ1v) is 5.43. The van der Waals surface area contributed by atoms with Crippen LogP contribution in [0, 0.1) is 6.92 Å². The standard InChI is InChI=1S/C13H14N2O2/c1-9-12(13(16)17)15(8-14-9)10(2)11-6-4-3-5-7-11/h3-8,10H,1-2H3,(H,16,17).